The topological polar surface area (TPSA) is 42.4 Å². The van der Waals surface area contributed by atoms with Gasteiger partial charge in [-0.05, 0) is 36.8 Å². The van der Waals surface area contributed by atoms with Gasteiger partial charge in [0, 0.05) is 7.05 Å². The summed E-state index contributed by atoms with van der Waals surface area (Å²) in [5.41, 5.74) is 8.98. The molecule has 84 valence electrons. The molecule has 0 spiro atoms. The molecule has 0 amide bonds. The van der Waals surface area contributed by atoms with E-state index in [1.807, 2.05) is 38.2 Å². The zero-order chi connectivity index (χ0) is 11.5. The number of rotatable bonds is 3. The molecule has 0 fully saturated rings. The van der Waals surface area contributed by atoms with E-state index in [1.165, 1.54) is 5.56 Å². The second-order valence-electron chi connectivity index (χ2n) is 4.00. The number of furan rings is 1. The number of aryl methyl sites for hydroxylation is 1. The fourth-order valence-electron chi connectivity index (χ4n) is 1.74. The molecule has 3 nitrogen and oxygen atoms in total. The molecule has 3 heteroatoms. The molecule has 0 radical (unpaired) electrons. The van der Waals surface area contributed by atoms with E-state index in [4.69, 9.17) is 10.2 Å². The van der Waals surface area contributed by atoms with E-state index in [2.05, 4.69) is 11.0 Å². The van der Waals surface area contributed by atoms with Crippen LogP contribution in [0.15, 0.2) is 41.0 Å². The summed E-state index contributed by atoms with van der Waals surface area (Å²) in [6.07, 6.45) is 1.68. The van der Waals surface area contributed by atoms with Crippen LogP contribution in [0.2, 0.25) is 0 Å². The lowest BCUT2D eigenvalue weighted by molar-refractivity contribution is 0.507. The van der Waals surface area contributed by atoms with Crippen LogP contribution in [0.4, 0.5) is 11.4 Å². The van der Waals surface area contributed by atoms with Crippen molar-refractivity contribution in [3.8, 4) is 0 Å². The second kappa shape index (κ2) is 4.31. The monoisotopic (exact) mass is 216 g/mol. The number of nitrogens with zero attached hydrogens (tertiary/aromatic N) is 1. The maximum atomic E-state index is 5.98. The van der Waals surface area contributed by atoms with E-state index in [0.717, 1.165) is 23.7 Å². The van der Waals surface area contributed by atoms with Crippen LogP contribution in [-0.2, 0) is 6.54 Å². The first kappa shape index (κ1) is 10.6. The number of hydrogen-bond acceptors (Lipinski definition) is 3. The number of hydrogen-bond donors (Lipinski definition) is 1. The molecular weight excluding hydrogens is 200 g/mol. The van der Waals surface area contributed by atoms with Gasteiger partial charge in [-0.3, -0.25) is 0 Å². The molecule has 1 aromatic carbocycles. The number of nitrogens with two attached hydrogens (primary N) is 1. The lowest BCUT2D eigenvalue weighted by atomic mass is 10.2. The Morgan fingerprint density at radius 1 is 1.31 bits per heavy atom. The molecule has 2 aromatic rings. The highest BCUT2D eigenvalue weighted by Crippen LogP contribution is 2.24. The van der Waals surface area contributed by atoms with Crippen molar-refractivity contribution in [2.24, 2.45) is 0 Å². The Labute approximate surface area is 95.5 Å². The summed E-state index contributed by atoms with van der Waals surface area (Å²) < 4.78 is 5.31. The largest absolute Gasteiger partial charge is 0.467 e. The molecule has 0 bridgehead atoms. The van der Waals surface area contributed by atoms with E-state index >= 15 is 0 Å². The predicted octanol–water partition coefficient (Wildman–Crippen LogP) is 2.81. The maximum absolute atomic E-state index is 5.98. The van der Waals surface area contributed by atoms with Crippen molar-refractivity contribution in [2.45, 2.75) is 13.5 Å². The van der Waals surface area contributed by atoms with E-state index in [9.17, 15) is 0 Å². The lowest BCUT2D eigenvalue weighted by Crippen LogP contribution is -2.17. The van der Waals surface area contributed by atoms with Gasteiger partial charge in [0.1, 0.15) is 5.76 Å². The first-order valence-corrected chi connectivity index (χ1v) is 5.26. The number of nitrogen functional groups attached to an aromatic ring is 1. The predicted molar refractivity (Wildman–Crippen MR) is 66.4 cm³/mol. The molecule has 0 aliphatic heterocycles. The molecule has 0 aliphatic carbocycles. The fraction of sp³-hybridized carbons (Fsp3) is 0.231. The Balaban J connectivity index is 2.17. The standard InChI is InChI=1S/C13H16N2O/c1-10-5-6-13(12(14)8-10)15(2)9-11-4-3-7-16-11/h3-8H,9,14H2,1-2H3. The van der Waals surface area contributed by atoms with Crippen molar-refractivity contribution >= 4 is 11.4 Å². The van der Waals surface area contributed by atoms with E-state index in [0.29, 0.717) is 0 Å². The van der Waals surface area contributed by atoms with Crippen LogP contribution >= 0.6 is 0 Å². The van der Waals surface area contributed by atoms with Gasteiger partial charge in [-0.2, -0.15) is 0 Å². The van der Waals surface area contributed by atoms with E-state index in [-0.39, 0.29) is 0 Å². The van der Waals surface area contributed by atoms with Gasteiger partial charge in [-0.25, -0.2) is 0 Å². The molecule has 0 saturated heterocycles. The second-order valence-corrected chi connectivity index (χ2v) is 4.00. The molecule has 2 rings (SSSR count). The molecule has 0 atom stereocenters. The third-order valence-electron chi connectivity index (χ3n) is 2.57. The molecular formula is C13H16N2O. The summed E-state index contributed by atoms with van der Waals surface area (Å²) >= 11 is 0. The minimum Gasteiger partial charge on any atom is -0.467 e. The Bertz CT molecular complexity index is 463. The number of anilines is 2. The van der Waals surface area contributed by atoms with E-state index in [1.54, 1.807) is 6.26 Å². The fourth-order valence-corrected chi connectivity index (χ4v) is 1.74. The van der Waals surface area contributed by atoms with Crippen molar-refractivity contribution in [1.29, 1.82) is 0 Å². The van der Waals surface area contributed by atoms with Gasteiger partial charge in [0.05, 0.1) is 24.2 Å². The van der Waals surface area contributed by atoms with Crippen molar-refractivity contribution in [3.05, 3.63) is 47.9 Å². The summed E-state index contributed by atoms with van der Waals surface area (Å²) in [7, 11) is 2.00. The SMILES string of the molecule is Cc1ccc(N(C)Cc2ccco2)c(N)c1. The Morgan fingerprint density at radius 2 is 2.12 bits per heavy atom. The molecule has 1 heterocycles. The highest BCUT2D eigenvalue weighted by molar-refractivity contribution is 5.68. The molecule has 16 heavy (non-hydrogen) atoms. The molecule has 0 aliphatic rings. The first-order valence-electron chi connectivity index (χ1n) is 5.26. The average molecular weight is 216 g/mol. The van der Waals surface area contributed by atoms with Crippen LogP contribution in [0.5, 0.6) is 0 Å². The zero-order valence-corrected chi connectivity index (χ0v) is 9.60. The highest BCUT2D eigenvalue weighted by Gasteiger charge is 2.07. The van der Waals surface area contributed by atoms with Gasteiger partial charge in [0.25, 0.3) is 0 Å². The van der Waals surface area contributed by atoms with Crippen LogP contribution in [0, 0.1) is 6.92 Å². The van der Waals surface area contributed by atoms with Gasteiger partial charge in [0.2, 0.25) is 0 Å². The van der Waals surface area contributed by atoms with Crippen LogP contribution < -0.4 is 10.6 Å². The van der Waals surface area contributed by atoms with Gasteiger partial charge < -0.3 is 15.1 Å². The van der Waals surface area contributed by atoms with Crippen molar-refractivity contribution in [1.82, 2.24) is 0 Å². The molecule has 0 unspecified atom stereocenters. The normalized spacial score (nSPS) is 10.4. The number of benzene rings is 1. The van der Waals surface area contributed by atoms with Crippen molar-refractivity contribution in [2.75, 3.05) is 17.7 Å². The van der Waals surface area contributed by atoms with Crippen LogP contribution in [0.1, 0.15) is 11.3 Å². The summed E-state index contributed by atoms with van der Waals surface area (Å²) in [5, 5.41) is 0. The smallest absolute Gasteiger partial charge is 0.123 e. The summed E-state index contributed by atoms with van der Waals surface area (Å²) in [6.45, 7) is 2.76. The third kappa shape index (κ3) is 2.19. The third-order valence-corrected chi connectivity index (χ3v) is 2.57. The van der Waals surface area contributed by atoms with E-state index < -0.39 is 0 Å². The van der Waals surface area contributed by atoms with Crippen molar-refractivity contribution < 1.29 is 4.42 Å². The quantitative estimate of drug-likeness (QED) is 0.802. The van der Waals surface area contributed by atoms with Crippen LogP contribution in [-0.4, -0.2) is 7.05 Å². The molecule has 0 saturated carbocycles. The summed E-state index contributed by atoms with van der Waals surface area (Å²) in [6, 6.07) is 9.93. The molecule has 1 aromatic heterocycles. The highest BCUT2D eigenvalue weighted by atomic mass is 16.3. The Kier molecular flexibility index (Phi) is 2.86. The van der Waals surface area contributed by atoms with Gasteiger partial charge in [-0.1, -0.05) is 6.07 Å². The van der Waals surface area contributed by atoms with Crippen LogP contribution in [0.25, 0.3) is 0 Å². The Morgan fingerprint density at radius 3 is 2.75 bits per heavy atom. The minimum absolute atomic E-state index is 0.722. The summed E-state index contributed by atoms with van der Waals surface area (Å²) in [5.74, 6) is 0.933. The molecule has 2 N–H and O–H groups in total. The van der Waals surface area contributed by atoms with Gasteiger partial charge >= 0.3 is 0 Å². The average Bonchev–Trinajstić information content (AvgIpc) is 2.70. The van der Waals surface area contributed by atoms with Gasteiger partial charge in [-0.15, -0.1) is 0 Å². The van der Waals surface area contributed by atoms with Crippen LogP contribution in [0.3, 0.4) is 0 Å². The minimum atomic E-state index is 0.722. The first-order chi connectivity index (χ1) is 7.66. The van der Waals surface area contributed by atoms with Gasteiger partial charge in [0.15, 0.2) is 0 Å². The lowest BCUT2D eigenvalue weighted by Gasteiger charge is -2.20. The zero-order valence-electron chi connectivity index (χ0n) is 9.60. The summed E-state index contributed by atoms with van der Waals surface area (Å²) in [4.78, 5) is 2.08. The Hall–Kier alpha value is -1.90. The van der Waals surface area contributed by atoms with Crippen molar-refractivity contribution in [3.63, 3.8) is 0 Å². The maximum Gasteiger partial charge on any atom is 0.123 e.